The molecule has 26 heavy (non-hydrogen) atoms. The third-order valence-electron chi connectivity index (χ3n) is 5.11. The van der Waals surface area contributed by atoms with Gasteiger partial charge in [0.25, 0.3) is 0 Å². The van der Waals surface area contributed by atoms with Gasteiger partial charge >= 0.3 is 0 Å². The van der Waals surface area contributed by atoms with Crippen LogP contribution in [0, 0.1) is 13.8 Å². The summed E-state index contributed by atoms with van der Waals surface area (Å²) in [6.45, 7) is 8.04. The van der Waals surface area contributed by atoms with Gasteiger partial charge in [0.05, 0.1) is 24.9 Å². The molecule has 1 atom stereocenters. The predicted octanol–water partition coefficient (Wildman–Crippen LogP) is 2.22. The van der Waals surface area contributed by atoms with Crippen molar-refractivity contribution in [3.8, 4) is 0 Å². The zero-order valence-corrected chi connectivity index (χ0v) is 16.6. The molecule has 0 saturated carbocycles. The van der Waals surface area contributed by atoms with Crippen molar-refractivity contribution >= 4 is 17.2 Å². The average molecular weight is 377 g/mol. The molecule has 1 N–H and O–H groups in total. The molecular weight excluding hydrogens is 348 g/mol. The number of carbonyl (C=O) groups is 1. The van der Waals surface area contributed by atoms with Crippen LogP contribution in [0.3, 0.4) is 0 Å². The van der Waals surface area contributed by atoms with Gasteiger partial charge in [0.15, 0.2) is 0 Å². The van der Waals surface area contributed by atoms with Crippen molar-refractivity contribution in [1.29, 1.82) is 0 Å². The Balaban J connectivity index is 1.55. The Hall–Kier alpha value is -1.70. The zero-order chi connectivity index (χ0) is 18.5. The number of amides is 1. The number of hydrogen-bond acceptors (Lipinski definition) is 5. The fourth-order valence-corrected chi connectivity index (χ4v) is 4.36. The number of carbonyl (C=O) groups excluding carboxylic acids is 1. The average Bonchev–Trinajstić information content (AvgIpc) is 3.24. The van der Waals surface area contributed by atoms with Crippen LogP contribution in [0.1, 0.15) is 34.3 Å². The number of nitrogens with one attached hydrogen (secondary N) is 1. The van der Waals surface area contributed by atoms with Crippen molar-refractivity contribution in [1.82, 2.24) is 20.0 Å². The number of aryl methyl sites for hydroxylation is 2. The number of aromatic nitrogens is 2. The maximum Gasteiger partial charge on any atom is 0.220 e. The minimum atomic E-state index is 0.0995. The molecule has 1 aliphatic heterocycles. The van der Waals surface area contributed by atoms with Gasteiger partial charge < -0.3 is 10.1 Å². The summed E-state index contributed by atoms with van der Waals surface area (Å²) in [7, 11) is 1.94. The van der Waals surface area contributed by atoms with E-state index in [1.807, 2.05) is 18.7 Å². The lowest BCUT2D eigenvalue weighted by Gasteiger charge is -2.34. The lowest BCUT2D eigenvalue weighted by molar-refractivity contribution is -0.121. The van der Waals surface area contributed by atoms with Gasteiger partial charge in [-0.05, 0) is 37.3 Å². The topological polar surface area (TPSA) is 59.4 Å². The molecule has 0 aromatic carbocycles. The number of thiophene rings is 1. The summed E-state index contributed by atoms with van der Waals surface area (Å²) < 4.78 is 7.35. The van der Waals surface area contributed by atoms with E-state index in [4.69, 9.17) is 4.74 Å². The van der Waals surface area contributed by atoms with E-state index in [1.54, 1.807) is 11.3 Å². The van der Waals surface area contributed by atoms with Gasteiger partial charge in [-0.1, -0.05) is 6.07 Å². The molecule has 0 bridgehead atoms. The van der Waals surface area contributed by atoms with Crippen LogP contribution in [0.15, 0.2) is 17.5 Å². The molecule has 3 rings (SSSR count). The first-order valence-electron chi connectivity index (χ1n) is 9.17. The number of hydrogen-bond donors (Lipinski definition) is 1. The third kappa shape index (κ3) is 4.52. The highest BCUT2D eigenvalue weighted by Crippen LogP contribution is 2.25. The highest BCUT2D eigenvalue weighted by Gasteiger charge is 2.24. The van der Waals surface area contributed by atoms with Gasteiger partial charge in [-0.2, -0.15) is 5.10 Å². The second kappa shape index (κ2) is 8.79. The molecule has 0 radical (unpaired) electrons. The summed E-state index contributed by atoms with van der Waals surface area (Å²) >= 11 is 1.75. The maximum atomic E-state index is 12.4. The standard InChI is InChI=1S/C19H28N4O2S/c1-14-16(15(2)22(3)21-14)6-7-19(24)20-13-17(18-5-4-12-26-18)23-8-10-25-11-9-23/h4-5,12,17H,6-11,13H2,1-3H3,(H,20,24). The smallest absolute Gasteiger partial charge is 0.220 e. The SMILES string of the molecule is Cc1nn(C)c(C)c1CCC(=O)NCC(c1cccs1)N1CCOCC1. The molecule has 0 spiro atoms. The van der Waals surface area contributed by atoms with Crippen molar-refractivity contribution in [2.45, 2.75) is 32.7 Å². The molecule has 3 heterocycles. The fourth-order valence-electron chi connectivity index (χ4n) is 3.50. The van der Waals surface area contributed by atoms with E-state index in [1.165, 1.54) is 10.4 Å². The van der Waals surface area contributed by atoms with E-state index in [0.29, 0.717) is 13.0 Å². The first kappa shape index (κ1) is 19.1. The fraction of sp³-hybridized carbons (Fsp3) is 0.579. The van der Waals surface area contributed by atoms with Crippen LogP contribution in [-0.4, -0.2) is 53.4 Å². The summed E-state index contributed by atoms with van der Waals surface area (Å²) in [5, 5.41) is 9.66. The number of nitrogens with zero attached hydrogens (tertiary/aromatic N) is 3. The predicted molar refractivity (Wildman–Crippen MR) is 103 cm³/mol. The Morgan fingerprint density at radius 2 is 2.15 bits per heavy atom. The van der Waals surface area contributed by atoms with E-state index in [-0.39, 0.29) is 11.9 Å². The Bertz CT molecular complexity index is 720. The maximum absolute atomic E-state index is 12.4. The largest absolute Gasteiger partial charge is 0.379 e. The minimum Gasteiger partial charge on any atom is -0.379 e. The van der Waals surface area contributed by atoms with Crippen LogP contribution in [-0.2, 0) is 23.0 Å². The van der Waals surface area contributed by atoms with Gasteiger partial charge in [0.1, 0.15) is 0 Å². The summed E-state index contributed by atoms with van der Waals surface area (Å²) in [6.07, 6.45) is 1.23. The Morgan fingerprint density at radius 3 is 2.77 bits per heavy atom. The lowest BCUT2D eigenvalue weighted by atomic mass is 10.1. The molecule has 6 nitrogen and oxygen atoms in total. The van der Waals surface area contributed by atoms with Gasteiger partial charge in [0, 0.05) is 43.7 Å². The summed E-state index contributed by atoms with van der Waals surface area (Å²) in [5.41, 5.74) is 3.34. The van der Waals surface area contributed by atoms with Crippen molar-refractivity contribution in [3.05, 3.63) is 39.3 Å². The second-order valence-electron chi connectivity index (χ2n) is 6.76. The second-order valence-corrected chi connectivity index (χ2v) is 7.74. The van der Waals surface area contributed by atoms with Crippen molar-refractivity contribution < 1.29 is 9.53 Å². The van der Waals surface area contributed by atoms with Crippen molar-refractivity contribution in [2.75, 3.05) is 32.8 Å². The molecule has 1 amide bonds. The van der Waals surface area contributed by atoms with Crippen LogP contribution in [0.2, 0.25) is 0 Å². The highest BCUT2D eigenvalue weighted by molar-refractivity contribution is 7.10. The van der Waals surface area contributed by atoms with Gasteiger partial charge in [0.2, 0.25) is 5.91 Å². The van der Waals surface area contributed by atoms with E-state index in [9.17, 15) is 4.79 Å². The number of rotatable bonds is 7. The van der Waals surface area contributed by atoms with Crippen LogP contribution in [0.4, 0.5) is 0 Å². The molecule has 1 unspecified atom stereocenters. The molecular formula is C19H28N4O2S. The van der Waals surface area contributed by atoms with E-state index in [2.05, 4.69) is 39.8 Å². The van der Waals surface area contributed by atoms with Gasteiger partial charge in [-0.3, -0.25) is 14.4 Å². The number of ether oxygens (including phenoxy) is 1. The Labute approximate surface area is 159 Å². The Kier molecular flexibility index (Phi) is 6.45. The van der Waals surface area contributed by atoms with Crippen molar-refractivity contribution in [2.24, 2.45) is 7.05 Å². The van der Waals surface area contributed by atoms with Gasteiger partial charge in [-0.25, -0.2) is 0 Å². The monoisotopic (exact) mass is 376 g/mol. The molecule has 2 aromatic rings. The molecule has 1 fully saturated rings. The Morgan fingerprint density at radius 1 is 1.38 bits per heavy atom. The summed E-state index contributed by atoms with van der Waals surface area (Å²) in [4.78, 5) is 16.1. The van der Waals surface area contributed by atoms with Crippen molar-refractivity contribution in [3.63, 3.8) is 0 Å². The summed E-state index contributed by atoms with van der Waals surface area (Å²) in [5.74, 6) is 0.0995. The molecule has 2 aromatic heterocycles. The zero-order valence-electron chi connectivity index (χ0n) is 15.8. The van der Waals surface area contributed by atoms with Crippen LogP contribution >= 0.6 is 11.3 Å². The van der Waals surface area contributed by atoms with E-state index < -0.39 is 0 Å². The molecule has 0 aliphatic carbocycles. The molecule has 7 heteroatoms. The summed E-state index contributed by atoms with van der Waals surface area (Å²) in [6, 6.07) is 4.45. The molecule has 1 aliphatic rings. The lowest BCUT2D eigenvalue weighted by Crippen LogP contribution is -2.43. The van der Waals surface area contributed by atoms with Crippen LogP contribution in [0.25, 0.3) is 0 Å². The quantitative estimate of drug-likeness (QED) is 0.805. The first-order chi connectivity index (χ1) is 12.6. The van der Waals surface area contributed by atoms with Gasteiger partial charge in [-0.15, -0.1) is 11.3 Å². The molecule has 142 valence electrons. The molecule has 1 saturated heterocycles. The van der Waals surface area contributed by atoms with Crippen LogP contribution < -0.4 is 5.32 Å². The van der Waals surface area contributed by atoms with Crippen LogP contribution in [0.5, 0.6) is 0 Å². The normalized spacial score (nSPS) is 16.6. The number of morpholine rings is 1. The minimum absolute atomic E-state index is 0.0995. The van der Waals surface area contributed by atoms with E-state index in [0.717, 1.165) is 44.1 Å². The highest BCUT2D eigenvalue weighted by atomic mass is 32.1. The van der Waals surface area contributed by atoms with E-state index >= 15 is 0 Å². The first-order valence-corrected chi connectivity index (χ1v) is 10.0. The third-order valence-corrected chi connectivity index (χ3v) is 6.09.